The molecule has 0 fully saturated rings. The molecule has 3 nitrogen and oxygen atoms in total. The normalized spacial score (nSPS) is 20.3. The van der Waals surface area contributed by atoms with Crippen molar-refractivity contribution in [1.29, 1.82) is 0 Å². The Balaban J connectivity index is 1.55. The topological polar surface area (TPSA) is 38.7 Å². The molecule has 4 rings (SSSR count). The van der Waals surface area contributed by atoms with E-state index in [1.54, 1.807) is 0 Å². The maximum atomic E-state index is 10.6. The lowest BCUT2D eigenvalue weighted by atomic mass is 9.74. The minimum atomic E-state index is -0.514. The largest absolute Gasteiger partial charge is 0.486 e. The molecule has 1 N–H and O–H groups in total. The van der Waals surface area contributed by atoms with Crippen LogP contribution in [0.15, 0.2) is 42.5 Å². The molecular formula is C18H18O3. The summed E-state index contributed by atoms with van der Waals surface area (Å²) < 4.78 is 11.3. The van der Waals surface area contributed by atoms with Gasteiger partial charge in [-0.3, -0.25) is 0 Å². The number of fused-ring (bicyclic) bond motifs is 2. The Morgan fingerprint density at radius 2 is 1.90 bits per heavy atom. The number of ether oxygens (including phenoxy) is 2. The Morgan fingerprint density at radius 1 is 1.05 bits per heavy atom. The molecule has 2 atom stereocenters. The number of aliphatic hydroxyl groups is 1. The van der Waals surface area contributed by atoms with Gasteiger partial charge in [-0.05, 0) is 36.0 Å². The average molecular weight is 282 g/mol. The monoisotopic (exact) mass is 282 g/mol. The minimum Gasteiger partial charge on any atom is -0.486 e. The van der Waals surface area contributed by atoms with Crippen molar-refractivity contribution in [2.24, 2.45) is 0 Å². The summed E-state index contributed by atoms with van der Waals surface area (Å²) in [6.45, 7) is 1.12. The van der Waals surface area contributed by atoms with Crippen molar-refractivity contribution in [3.63, 3.8) is 0 Å². The molecule has 2 aromatic carbocycles. The van der Waals surface area contributed by atoms with Crippen LogP contribution in [-0.2, 0) is 6.42 Å². The molecule has 0 amide bonds. The molecule has 0 saturated heterocycles. The highest BCUT2D eigenvalue weighted by Gasteiger charge is 2.29. The van der Waals surface area contributed by atoms with Crippen LogP contribution in [0.2, 0.25) is 0 Å². The predicted molar refractivity (Wildman–Crippen MR) is 79.9 cm³/mol. The van der Waals surface area contributed by atoms with Gasteiger partial charge in [0.25, 0.3) is 0 Å². The lowest BCUT2D eigenvalue weighted by molar-refractivity contribution is 0.133. The fourth-order valence-corrected chi connectivity index (χ4v) is 3.33. The third kappa shape index (κ3) is 2.18. The van der Waals surface area contributed by atoms with Crippen LogP contribution in [0.25, 0.3) is 0 Å². The van der Waals surface area contributed by atoms with Gasteiger partial charge >= 0.3 is 0 Å². The van der Waals surface area contributed by atoms with E-state index in [1.807, 2.05) is 18.2 Å². The summed E-state index contributed by atoms with van der Waals surface area (Å²) in [5.74, 6) is 1.90. The van der Waals surface area contributed by atoms with Gasteiger partial charge in [-0.15, -0.1) is 0 Å². The molecule has 0 saturated carbocycles. The van der Waals surface area contributed by atoms with Crippen molar-refractivity contribution < 1.29 is 14.6 Å². The molecule has 0 radical (unpaired) electrons. The fourth-order valence-electron chi connectivity index (χ4n) is 3.33. The van der Waals surface area contributed by atoms with E-state index in [9.17, 15) is 5.11 Å². The van der Waals surface area contributed by atoms with Crippen molar-refractivity contribution in [1.82, 2.24) is 0 Å². The standard InChI is InChI=1S/C18H18O3/c19-16(11-13-10-12-4-1-2-5-14(12)13)15-6-3-7-17-18(15)21-9-8-20-17/h1-7,13,16,19H,8-11H2. The summed E-state index contributed by atoms with van der Waals surface area (Å²) in [6.07, 6.45) is 1.27. The van der Waals surface area contributed by atoms with E-state index in [-0.39, 0.29) is 0 Å². The van der Waals surface area contributed by atoms with Crippen LogP contribution in [0.3, 0.4) is 0 Å². The molecule has 21 heavy (non-hydrogen) atoms. The van der Waals surface area contributed by atoms with Crippen LogP contribution in [0, 0.1) is 0 Å². The molecule has 1 aliphatic heterocycles. The second-order valence-corrected chi connectivity index (χ2v) is 5.72. The van der Waals surface area contributed by atoms with Crippen LogP contribution in [-0.4, -0.2) is 18.3 Å². The van der Waals surface area contributed by atoms with Crippen LogP contribution in [0.1, 0.15) is 35.1 Å². The summed E-state index contributed by atoms with van der Waals surface area (Å²) in [4.78, 5) is 0. The fraction of sp³-hybridized carbons (Fsp3) is 0.333. The number of benzene rings is 2. The minimum absolute atomic E-state index is 0.441. The van der Waals surface area contributed by atoms with Crippen molar-refractivity contribution >= 4 is 0 Å². The van der Waals surface area contributed by atoms with Gasteiger partial charge in [0, 0.05) is 5.56 Å². The van der Waals surface area contributed by atoms with Gasteiger partial charge < -0.3 is 14.6 Å². The molecule has 2 aromatic rings. The van der Waals surface area contributed by atoms with E-state index in [1.165, 1.54) is 11.1 Å². The first-order valence-electron chi connectivity index (χ1n) is 7.47. The van der Waals surface area contributed by atoms with Crippen LogP contribution < -0.4 is 9.47 Å². The highest BCUT2D eigenvalue weighted by molar-refractivity contribution is 5.49. The zero-order chi connectivity index (χ0) is 14.2. The van der Waals surface area contributed by atoms with E-state index in [0.29, 0.717) is 24.9 Å². The molecule has 0 spiro atoms. The molecule has 3 heteroatoms. The number of hydrogen-bond acceptors (Lipinski definition) is 3. The van der Waals surface area contributed by atoms with Gasteiger partial charge in [0.15, 0.2) is 11.5 Å². The zero-order valence-corrected chi connectivity index (χ0v) is 11.8. The molecule has 1 aliphatic carbocycles. The van der Waals surface area contributed by atoms with Crippen molar-refractivity contribution in [3.05, 3.63) is 59.2 Å². The first-order chi connectivity index (χ1) is 10.3. The highest BCUT2D eigenvalue weighted by Crippen LogP contribution is 2.44. The van der Waals surface area contributed by atoms with Gasteiger partial charge in [0.1, 0.15) is 13.2 Å². The summed E-state index contributed by atoms with van der Waals surface area (Å²) in [5, 5.41) is 10.6. The van der Waals surface area contributed by atoms with E-state index in [0.717, 1.165) is 24.2 Å². The summed E-state index contributed by atoms with van der Waals surface area (Å²) >= 11 is 0. The molecule has 108 valence electrons. The van der Waals surface area contributed by atoms with Gasteiger partial charge in [0.05, 0.1) is 6.10 Å². The first kappa shape index (κ1) is 12.7. The number of para-hydroxylation sites is 1. The molecule has 0 bridgehead atoms. The van der Waals surface area contributed by atoms with Gasteiger partial charge in [-0.2, -0.15) is 0 Å². The van der Waals surface area contributed by atoms with E-state index in [2.05, 4.69) is 24.3 Å². The maximum Gasteiger partial charge on any atom is 0.167 e. The molecule has 1 heterocycles. The second-order valence-electron chi connectivity index (χ2n) is 5.72. The van der Waals surface area contributed by atoms with Gasteiger partial charge in [-0.25, -0.2) is 0 Å². The second kappa shape index (κ2) is 5.08. The zero-order valence-electron chi connectivity index (χ0n) is 11.8. The van der Waals surface area contributed by atoms with Crippen LogP contribution >= 0.6 is 0 Å². The van der Waals surface area contributed by atoms with Crippen molar-refractivity contribution in [2.75, 3.05) is 13.2 Å². The quantitative estimate of drug-likeness (QED) is 0.939. The number of hydrogen-bond donors (Lipinski definition) is 1. The third-order valence-corrected chi connectivity index (χ3v) is 4.42. The lowest BCUT2D eigenvalue weighted by Gasteiger charge is -2.32. The van der Waals surface area contributed by atoms with Crippen molar-refractivity contribution in [2.45, 2.75) is 24.9 Å². The van der Waals surface area contributed by atoms with Gasteiger partial charge in [0.2, 0.25) is 0 Å². The number of aliphatic hydroxyl groups excluding tert-OH is 1. The maximum absolute atomic E-state index is 10.6. The summed E-state index contributed by atoms with van der Waals surface area (Å²) in [5.41, 5.74) is 3.62. The first-order valence-corrected chi connectivity index (χ1v) is 7.47. The predicted octanol–water partition coefficient (Wildman–Crippen LogP) is 3.22. The SMILES string of the molecule is OC(CC1Cc2ccccc21)c1cccc2c1OCCO2. The highest BCUT2D eigenvalue weighted by atomic mass is 16.6. The van der Waals surface area contributed by atoms with E-state index < -0.39 is 6.10 Å². The molecule has 2 unspecified atom stereocenters. The average Bonchev–Trinajstić information content (AvgIpc) is 2.52. The smallest absolute Gasteiger partial charge is 0.167 e. The van der Waals surface area contributed by atoms with Gasteiger partial charge in [-0.1, -0.05) is 36.4 Å². The lowest BCUT2D eigenvalue weighted by Crippen LogP contribution is -2.21. The third-order valence-electron chi connectivity index (χ3n) is 4.42. The Kier molecular flexibility index (Phi) is 3.08. The van der Waals surface area contributed by atoms with Crippen LogP contribution in [0.5, 0.6) is 11.5 Å². The van der Waals surface area contributed by atoms with Crippen molar-refractivity contribution in [3.8, 4) is 11.5 Å². The molecular weight excluding hydrogens is 264 g/mol. The Morgan fingerprint density at radius 3 is 2.81 bits per heavy atom. The van der Waals surface area contributed by atoms with E-state index >= 15 is 0 Å². The number of rotatable bonds is 3. The Labute approximate surface area is 124 Å². The summed E-state index contributed by atoms with van der Waals surface area (Å²) in [6, 6.07) is 14.2. The summed E-state index contributed by atoms with van der Waals surface area (Å²) in [7, 11) is 0. The van der Waals surface area contributed by atoms with E-state index in [4.69, 9.17) is 9.47 Å². The molecule has 0 aromatic heterocycles. The van der Waals surface area contributed by atoms with Crippen LogP contribution in [0.4, 0.5) is 0 Å². The molecule has 2 aliphatic rings. The Hall–Kier alpha value is -2.00. The Bertz CT molecular complexity index is 665.